The normalized spacial score (nSPS) is 24.6. The lowest BCUT2D eigenvalue weighted by Crippen LogP contribution is -2.12. The van der Waals surface area contributed by atoms with Gasteiger partial charge in [0.25, 0.3) is 0 Å². The molecule has 0 bridgehead atoms. The molecule has 88 valence electrons. The Labute approximate surface area is 101 Å². The molecule has 3 heteroatoms. The number of nitrogens with two attached hydrogens (primary N) is 1. The second-order valence-corrected chi connectivity index (χ2v) is 6.20. The lowest BCUT2D eigenvalue weighted by Gasteiger charge is -2.19. The van der Waals surface area contributed by atoms with E-state index >= 15 is 0 Å². The first-order valence-corrected chi connectivity index (χ1v) is 7.43. The summed E-state index contributed by atoms with van der Waals surface area (Å²) in [4.78, 5) is 4.79. The molecule has 1 aromatic rings. The molecule has 3 rings (SSSR count). The fraction of sp³-hybridized carbons (Fsp3) is 0.769. The maximum Gasteiger partial charge on any atom is 0.110 e. The standard InChI is InChI=1S/C13H20N2S/c14-12(10-6-7-10)13-15-11(8-16-13)9-4-2-1-3-5-9/h8-10,12H,1-7,14H2. The van der Waals surface area contributed by atoms with E-state index in [4.69, 9.17) is 10.7 Å². The molecule has 0 spiro atoms. The summed E-state index contributed by atoms with van der Waals surface area (Å²) in [7, 11) is 0. The summed E-state index contributed by atoms with van der Waals surface area (Å²) < 4.78 is 0. The van der Waals surface area contributed by atoms with Crippen molar-refractivity contribution in [3.05, 3.63) is 16.1 Å². The Morgan fingerprint density at radius 3 is 2.62 bits per heavy atom. The minimum absolute atomic E-state index is 0.224. The zero-order valence-corrected chi connectivity index (χ0v) is 10.5. The summed E-state index contributed by atoms with van der Waals surface area (Å²) in [5.41, 5.74) is 7.52. The van der Waals surface area contributed by atoms with Crippen LogP contribution in [-0.2, 0) is 0 Å². The highest BCUT2D eigenvalue weighted by Gasteiger charge is 2.31. The summed E-state index contributed by atoms with van der Waals surface area (Å²) >= 11 is 1.78. The van der Waals surface area contributed by atoms with Gasteiger partial charge in [0.1, 0.15) is 5.01 Å². The van der Waals surface area contributed by atoms with Crippen LogP contribution in [0, 0.1) is 5.92 Å². The highest BCUT2D eigenvalue weighted by Crippen LogP contribution is 2.41. The Balaban J connectivity index is 1.70. The van der Waals surface area contributed by atoms with E-state index in [2.05, 4.69) is 5.38 Å². The van der Waals surface area contributed by atoms with Crippen molar-refractivity contribution in [3.63, 3.8) is 0 Å². The molecule has 1 atom stereocenters. The van der Waals surface area contributed by atoms with Gasteiger partial charge in [-0.2, -0.15) is 0 Å². The molecule has 0 aromatic carbocycles. The second kappa shape index (κ2) is 4.46. The van der Waals surface area contributed by atoms with Crippen LogP contribution in [0.5, 0.6) is 0 Å². The van der Waals surface area contributed by atoms with Crippen molar-refractivity contribution in [1.82, 2.24) is 4.98 Å². The second-order valence-electron chi connectivity index (χ2n) is 5.31. The van der Waals surface area contributed by atoms with E-state index in [9.17, 15) is 0 Å². The third-order valence-electron chi connectivity index (χ3n) is 3.98. The van der Waals surface area contributed by atoms with Gasteiger partial charge in [-0.3, -0.25) is 0 Å². The summed E-state index contributed by atoms with van der Waals surface area (Å²) in [6, 6.07) is 0.224. The Morgan fingerprint density at radius 1 is 1.19 bits per heavy atom. The summed E-state index contributed by atoms with van der Waals surface area (Å²) in [5, 5.41) is 3.44. The number of rotatable bonds is 3. The molecule has 0 saturated heterocycles. The van der Waals surface area contributed by atoms with Gasteiger partial charge in [0.2, 0.25) is 0 Å². The molecule has 2 saturated carbocycles. The topological polar surface area (TPSA) is 38.9 Å². The quantitative estimate of drug-likeness (QED) is 0.871. The van der Waals surface area contributed by atoms with Gasteiger partial charge in [0.05, 0.1) is 11.7 Å². The fourth-order valence-corrected chi connectivity index (χ4v) is 3.69. The highest BCUT2D eigenvalue weighted by atomic mass is 32.1. The van der Waals surface area contributed by atoms with Crippen molar-refractivity contribution in [2.24, 2.45) is 11.7 Å². The van der Waals surface area contributed by atoms with Crippen molar-refractivity contribution < 1.29 is 0 Å². The Morgan fingerprint density at radius 2 is 1.94 bits per heavy atom. The van der Waals surface area contributed by atoms with Crippen molar-refractivity contribution in [2.45, 2.75) is 56.9 Å². The van der Waals surface area contributed by atoms with Crippen LogP contribution in [0.2, 0.25) is 0 Å². The molecule has 2 aliphatic rings. The van der Waals surface area contributed by atoms with Gasteiger partial charge < -0.3 is 5.73 Å². The summed E-state index contributed by atoms with van der Waals surface area (Å²) in [5.74, 6) is 1.45. The first-order chi connectivity index (χ1) is 7.84. The fourth-order valence-electron chi connectivity index (χ4n) is 2.70. The maximum absolute atomic E-state index is 6.19. The van der Waals surface area contributed by atoms with Crippen molar-refractivity contribution in [2.75, 3.05) is 0 Å². The zero-order chi connectivity index (χ0) is 11.0. The molecule has 1 aromatic heterocycles. The zero-order valence-electron chi connectivity index (χ0n) is 9.69. The molecule has 2 fully saturated rings. The van der Waals surface area contributed by atoms with Crippen LogP contribution in [0.3, 0.4) is 0 Å². The molecule has 2 aliphatic carbocycles. The van der Waals surface area contributed by atoms with Gasteiger partial charge in [-0.15, -0.1) is 11.3 Å². The largest absolute Gasteiger partial charge is 0.322 e. The van der Waals surface area contributed by atoms with Crippen molar-refractivity contribution in [1.29, 1.82) is 0 Å². The van der Waals surface area contributed by atoms with Crippen LogP contribution < -0.4 is 5.73 Å². The number of nitrogens with zero attached hydrogens (tertiary/aromatic N) is 1. The number of aromatic nitrogens is 1. The van der Waals surface area contributed by atoms with Gasteiger partial charge in [-0.1, -0.05) is 19.3 Å². The van der Waals surface area contributed by atoms with Gasteiger partial charge in [-0.25, -0.2) is 4.98 Å². The number of thiazole rings is 1. The van der Waals surface area contributed by atoms with E-state index in [0.29, 0.717) is 0 Å². The first kappa shape index (κ1) is 10.7. The van der Waals surface area contributed by atoms with E-state index in [0.717, 1.165) is 11.8 Å². The molecule has 1 unspecified atom stereocenters. The van der Waals surface area contributed by atoms with Crippen LogP contribution in [0.4, 0.5) is 0 Å². The monoisotopic (exact) mass is 236 g/mol. The lowest BCUT2D eigenvalue weighted by molar-refractivity contribution is 0.436. The van der Waals surface area contributed by atoms with Crippen LogP contribution in [0.25, 0.3) is 0 Å². The Bertz CT molecular complexity index is 351. The predicted octanol–water partition coefficient (Wildman–Crippen LogP) is 3.60. The van der Waals surface area contributed by atoms with Crippen molar-refractivity contribution >= 4 is 11.3 Å². The molecule has 16 heavy (non-hydrogen) atoms. The SMILES string of the molecule is NC(c1nc(C2CCCCC2)cs1)C1CC1. The average Bonchev–Trinajstić information content (AvgIpc) is 3.07. The van der Waals surface area contributed by atoms with Crippen LogP contribution in [0.1, 0.15) is 67.6 Å². The van der Waals surface area contributed by atoms with E-state index in [1.54, 1.807) is 11.3 Å². The molecule has 2 nitrogen and oxygen atoms in total. The first-order valence-electron chi connectivity index (χ1n) is 6.55. The molecular formula is C13H20N2S. The Hall–Kier alpha value is -0.410. The van der Waals surface area contributed by atoms with Crippen LogP contribution >= 0.6 is 11.3 Å². The average molecular weight is 236 g/mol. The predicted molar refractivity (Wildman–Crippen MR) is 67.6 cm³/mol. The third-order valence-corrected chi connectivity index (χ3v) is 4.94. The van der Waals surface area contributed by atoms with Gasteiger partial charge in [0, 0.05) is 11.3 Å². The van der Waals surface area contributed by atoms with E-state index < -0.39 is 0 Å². The summed E-state index contributed by atoms with van der Waals surface area (Å²) in [6.45, 7) is 0. The number of hydrogen-bond donors (Lipinski definition) is 1. The third kappa shape index (κ3) is 2.16. The Kier molecular flexibility index (Phi) is 2.99. The molecule has 0 amide bonds. The van der Waals surface area contributed by atoms with Gasteiger partial charge in [0.15, 0.2) is 0 Å². The molecule has 0 aliphatic heterocycles. The van der Waals surface area contributed by atoms with Gasteiger partial charge in [-0.05, 0) is 31.6 Å². The minimum Gasteiger partial charge on any atom is -0.322 e. The lowest BCUT2D eigenvalue weighted by atomic mass is 9.87. The number of hydrogen-bond acceptors (Lipinski definition) is 3. The highest BCUT2D eigenvalue weighted by molar-refractivity contribution is 7.09. The minimum atomic E-state index is 0.224. The van der Waals surface area contributed by atoms with Crippen LogP contribution in [0.15, 0.2) is 5.38 Å². The molecule has 1 heterocycles. The van der Waals surface area contributed by atoms with E-state index in [-0.39, 0.29) is 6.04 Å². The van der Waals surface area contributed by atoms with E-state index in [1.807, 2.05) is 0 Å². The summed E-state index contributed by atoms with van der Waals surface area (Å²) in [6.07, 6.45) is 9.45. The van der Waals surface area contributed by atoms with Crippen molar-refractivity contribution in [3.8, 4) is 0 Å². The molecular weight excluding hydrogens is 216 g/mol. The van der Waals surface area contributed by atoms with Gasteiger partial charge >= 0.3 is 0 Å². The van der Waals surface area contributed by atoms with Crippen LogP contribution in [-0.4, -0.2) is 4.98 Å². The maximum atomic E-state index is 6.19. The molecule has 0 radical (unpaired) electrons. The smallest absolute Gasteiger partial charge is 0.110 e. The molecule has 2 N–H and O–H groups in total. The van der Waals surface area contributed by atoms with E-state index in [1.165, 1.54) is 55.6 Å².